The van der Waals surface area contributed by atoms with Crippen molar-refractivity contribution in [3.8, 4) is 0 Å². The van der Waals surface area contributed by atoms with Gasteiger partial charge in [0.05, 0.1) is 0 Å². The highest BCUT2D eigenvalue weighted by Crippen LogP contribution is 2.45. The minimum Gasteiger partial charge on any atom is -0.206 e. The largest absolute Gasteiger partial charge is 0.255 e. The van der Waals surface area contributed by atoms with E-state index in [1.807, 2.05) is 12.1 Å². The molecule has 0 saturated heterocycles. The molecule has 1 aliphatic rings. The molecule has 14 heavy (non-hydrogen) atoms. The highest BCUT2D eigenvalue weighted by atomic mass is 35.5. The van der Waals surface area contributed by atoms with E-state index in [-0.39, 0.29) is 6.42 Å². The van der Waals surface area contributed by atoms with Crippen LogP contribution in [0.15, 0.2) is 18.2 Å². The second-order valence-corrected chi connectivity index (χ2v) is 4.20. The number of aryl methyl sites for hydroxylation is 1. The van der Waals surface area contributed by atoms with Gasteiger partial charge >= 0.3 is 0 Å². The van der Waals surface area contributed by atoms with Crippen LogP contribution >= 0.6 is 11.6 Å². The average molecular weight is 217 g/mol. The number of fused-ring (bicyclic) bond motifs is 1. The lowest BCUT2D eigenvalue weighted by atomic mass is 9.81. The Bertz CT molecular complexity index is 360. The van der Waals surface area contributed by atoms with Crippen LogP contribution in [-0.4, -0.2) is 5.92 Å². The Morgan fingerprint density at radius 2 is 2.14 bits per heavy atom. The molecular formula is C11H11ClF2. The second kappa shape index (κ2) is 3.20. The summed E-state index contributed by atoms with van der Waals surface area (Å²) in [5.41, 5.74) is 1.60. The fraction of sp³-hybridized carbons (Fsp3) is 0.455. The summed E-state index contributed by atoms with van der Waals surface area (Å²) in [6.45, 7) is 1.55. The van der Waals surface area contributed by atoms with Gasteiger partial charge in [-0.3, -0.25) is 0 Å². The Balaban J connectivity index is 2.54. The fourth-order valence-corrected chi connectivity index (χ4v) is 2.37. The van der Waals surface area contributed by atoms with E-state index in [4.69, 9.17) is 11.6 Å². The molecule has 0 heterocycles. The first-order valence-corrected chi connectivity index (χ1v) is 5.05. The lowest BCUT2D eigenvalue weighted by Crippen LogP contribution is -2.30. The highest BCUT2D eigenvalue weighted by molar-refractivity contribution is 6.31. The molecule has 0 saturated carbocycles. The molecule has 0 N–H and O–H groups in total. The Hall–Kier alpha value is -0.630. The summed E-state index contributed by atoms with van der Waals surface area (Å²) in [5, 5.41) is 0.467. The minimum absolute atomic E-state index is 0.0679. The van der Waals surface area contributed by atoms with E-state index >= 15 is 0 Å². The summed E-state index contributed by atoms with van der Waals surface area (Å²) < 4.78 is 26.8. The van der Waals surface area contributed by atoms with Crippen molar-refractivity contribution in [1.82, 2.24) is 0 Å². The maximum absolute atomic E-state index is 13.4. The van der Waals surface area contributed by atoms with Crippen LogP contribution < -0.4 is 0 Å². The Morgan fingerprint density at radius 3 is 2.86 bits per heavy atom. The summed E-state index contributed by atoms with van der Waals surface area (Å²) in [6.07, 6.45) is 0.356. The Morgan fingerprint density at radius 1 is 1.43 bits per heavy atom. The normalized spacial score (nSPS) is 24.4. The quantitative estimate of drug-likeness (QED) is 0.614. The van der Waals surface area contributed by atoms with Crippen molar-refractivity contribution in [2.24, 2.45) is 0 Å². The molecule has 1 aliphatic carbocycles. The molecule has 3 heteroatoms. The molecule has 1 aromatic carbocycles. The van der Waals surface area contributed by atoms with Crippen LogP contribution in [0.5, 0.6) is 0 Å². The first-order valence-electron chi connectivity index (χ1n) is 4.67. The molecule has 0 bridgehead atoms. The van der Waals surface area contributed by atoms with Crippen LogP contribution in [0.4, 0.5) is 8.78 Å². The van der Waals surface area contributed by atoms with Gasteiger partial charge in [0.15, 0.2) is 0 Å². The zero-order valence-electron chi connectivity index (χ0n) is 7.86. The third-order valence-electron chi connectivity index (χ3n) is 2.94. The van der Waals surface area contributed by atoms with Crippen molar-refractivity contribution >= 4 is 11.6 Å². The third kappa shape index (κ3) is 1.42. The van der Waals surface area contributed by atoms with Crippen LogP contribution in [-0.2, 0) is 6.42 Å². The topological polar surface area (TPSA) is 0 Å². The Labute approximate surface area is 86.9 Å². The third-order valence-corrected chi connectivity index (χ3v) is 3.27. The molecule has 0 amide bonds. The number of halogens is 3. The molecule has 0 aliphatic heterocycles. The van der Waals surface area contributed by atoms with Gasteiger partial charge in [0.25, 0.3) is 5.92 Å². The van der Waals surface area contributed by atoms with Gasteiger partial charge in [-0.25, -0.2) is 8.78 Å². The predicted molar refractivity (Wildman–Crippen MR) is 53.1 cm³/mol. The molecule has 0 aromatic heterocycles. The van der Waals surface area contributed by atoms with E-state index in [9.17, 15) is 8.78 Å². The number of rotatable bonds is 0. The van der Waals surface area contributed by atoms with Gasteiger partial charge in [0.1, 0.15) is 0 Å². The summed E-state index contributed by atoms with van der Waals surface area (Å²) in [7, 11) is 0. The predicted octanol–water partition coefficient (Wildman–Crippen LogP) is 4.03. The maximum atomic E-state index is 13.4. The monoisotopic (exact) mass is 216 g/mol. The molecule has 76 valence electrons. The Kier molecular flexibility index (Phi) is 2.26. The van der Waals surface area contributed by atoms with E-state index in [2.05, 4.69) is 0 Å². The summed E-state index contributed by atoms with van der Waals surface area (Å²) >= 11 is 5.93. The summed E-state index contributed by atoms with van der Waals surface area (Å²) in [4.78, 5) is 0. The molecule has 1 aromatic rings. The van der Waals surface area contributed by atoms with E-state index in [1.165, 1.54) is 0 Å². The van der Waals surface area contributed by atoms with E-state index in [0.717, 1.165) is 5.56 Å². The van der Waals surface area contributed by atoms with Gasteiger partial charge in [-0.05, 0) is 23.6 Å². The molecule has 0 fully saturated rings. The van der Waals surface area contributed by atoms with Gasteiger partial charge < -0.3 is 0 Å². The summed E-state index contributed by atoms with van der Waals surface area (Å²) in [5.74, 6) is -3.38. The van der Waals surface area contributed by atoms with Crippen molar-refractivity contribution in [1.29, 1.82) is 0 Å². The molecule has 1 unspecified atom stereocenters. The SMILES string of the molecule is CC1c2c(Cl)cccc2CCC1(F)F. The number of hydrogen-bond donors (Lipinski definition) is 0. The van der Waals surface area contributed by atoms with Gasteiger partial charge in [0.2, 0.25) is 0 Å². The molecule has 0 radical (unpaired) electrons. The molecule has 2 rings (SSSR count). The standard InChI is InChI=1S/C11H11ClF2/c1-7-10-8(3-2-4-9(10)12)5-6-11(7,13)14/h2-4,7H,5-6H2,1H3. The van der Waals surface area contributed by atoms with Gasteiger partial charge in [-0.15, -0.1) is 0 Å². The smallest absolute Gasteiger partial charge is 0.206 e. The first-order chi connectivity index (χ1) is 6.52. The van der Waals surface area contributed by atoms with Crippen molar-refractivity contribution in [3.05, 3.63) is 34.3 Å². The maximum Gasteiger partial charge on any atom is 0.255 e. The number of benzene rings is 1. The van der Waals surface area contributed by atoms with Crippen LogP contribution in [0, 0.1) is 0 Å². The van der Waals surface area contributed by atoms with Crippen LogP contribution in [0.1, 0.15) is 30.4 Å². The lowest BCUT2D eigenvalue weighted by Gasteiger charge is -2.31. The first kappa shape index (κ1) is 9.91. The molecular weight excluding hydrogens is 206 g/mol. The van der Waals surface area contributed by atoms with Crippen LogP contribution in [0.2, 0.25) is 5.02 Å². The van der Waals surface area contributed by atoms with Gasteiger partial charge in [0, 0.05) is 17.4 Å². The minimum atomic E-state index is -2.61. The van der Waals surface area contributed by atoms with Gasteiger partial charge in [-0.2, -0.15) is 0 Å². The molecule has 0 spiro atoms. The molecule has 1 atom stereocenters. The van der Waals surface area contributed by atoms with Crippen molar-refractivity contribution in [2.75, 3.05) is 0 Å². The fourth-order valence-electron chi connectivity index (χ4n) is 2.01. The van der Waals surface area contributed by atoms with Crippen molar-refractivity contribution in [2.45, 2.75) is 31.6 Å². The zero-order valence-corrected chi connectivity index (χ0v) is 8.61. The van der Waals surface area contributed by atoms with E-state index in [1.54, 1.807) is 13.0 Å². The van der Waals surface area contributed by atoms with E-state index < -0.39 is 11.8 Å². The zero-order chi connectivity index (χ0) is 10.3. The molecule has 0 nitrogen and oxygen atoms in total. The number of alkyl halides is 2. The van der Waals surface area contributed by atoms with Crippen LogP contribution in [0.25, 0.3) is 0 Å². The summed E-state index contributed by atoms with van der Waals surface area (Å²) in [6, 6.07) is 5.38. The van der Waals surface area contributed by atoms with Crippen molar-refractivity contribution < 1.29 is 8.78 Å². The van der Waals surface area contributed by atoms with Crippen molar-refractivity contribution in [3.63, 3.8) is 0 Å². The average Bonchev–Trinajstić information content (AvgIpc) is 2.12. The second-order valence-electron chi connectivity index (χ2n) is 3.80. The van der Waals surface area contributed by atoms with E-state index in [0.29, 0.717) is 17.0 Å². The lowest BCUT2D eigenvalue weighted by molar-refractivity contribution is -0.0360. The highest BCUT2D eigenvalue weighted by Gasteiger charge is 2.42. The van der Waals surface area contributed by atoms with Crippen LogP contribution in [0.3, 0.4) is 0 Å². The van der Waals surface area contributed by atoms with Gasteiger partial charge in [-0.1, -0.05) is 30.7 Å². The number of hydrogen-bond acceptors (Lipinski definition) is 0.